The first-order valence-corrected chi connectivity index (χ1v) is 9.12. The second-order valence-corrected chi connectivity index (χ2v) is 5.44. The molecule has 0 aliphatic heterocycles. The van der Waals surface area contributed by atoms with Gasteiger partial charge in [-0.15, -0.1) is 0 Å². The highest BCUT2D eigenvalue weighted by molar-refractivity contribution is 5.81. The fraction of sp³-hybridized carbons (Fsp3) is 0.882. The van der Waals surface area contributed by atoms with Gasteiger partial charge in [0.1, 0.15) is 0 Å². The molecular formula is C17H35N3O5. The minimum absolute atomic E-state index is 0.0783. The number of carbonyl (C=O) groups is 2. The molecule has 8 nitrogen and oxygen atoms in total. The van der Waals surface area contributed by atoms with Crippen molar-refractivity contribution >= 4 is 11.8 Å². The molecule has 25 heavy (non-hydrogen) atoms. The maximum absolute atomic E-state index is 11.9. The maximum Gasteiger partial charge on any atom is 0.234 e. The summed E-state index contributed by atoms with van der Waals surface area (Å²) in [5, 5.41) is 5.56. The number of amides is 2. The van der Waals surface area contributed by atoms with Crippen molar-refractivity contribution < 1.29 is 23.8 Å². The van der Waals surface area contributed by atoms with Crippen molar-refractivity contribution in [2.45, 2.75) is 27.2 Å². The van der Waals surface area contributed by atoms with Crippen molar-refractivity contribution in [1.82, 2.24) is 15.5 Å². The van der Waals surface area contributed by atoms with Crippen molar-refractivity contribution in [1.29, 1.82) is 0 Å². The second-order valence-electron chi connectivity index (χ2n) is 5.44. The molecule has 0 saturated heterocycles. The van der Waals surface area contributed by atoms with Crippen molar-refractivity contribution in [2.75, 3.05) is 72.4 Å². The van der Waals surface area contributed by atoms with Crippen LogP contribution >= 0.6 is 0 Å². The third-order valence-electron chi connectivity index (χ3n) is 3.18. The number of likely N-dealkylation sites (N-methyl/N-ethyl adjacent to an activating group) is 1. The summed E-state index contributed by atoms with van der Waals surface area (Å²) in [5.41, 5.74) is 0. The van der Waals surface area contributed by atoms with Crippen LogP contribution in [-0.4, -0.2) is 89.1 Å². The van der Waals surface area contributed by atoms with Gasteiger partial charge in [0.25, 0.3) is 0 Å². The predicted octanol–water partition coefficient (Wildman–Crippen LogP) is 0.0204. The summed E-state index contributed by atoms with van der Waals surface area (Å²) >= 11 is 0. The third kappa shape index (κ3) is 16.0. The Morgan fingerprint density at radius 1 is 0.800 bits per heavy atom. The predicted molar refractivity (Wildman–Crippen MR) is 96.6 cm³/mol. The summed E-state index contributed by atoms with van der Waals surface area (Å²) in [7, 11) is 0. The van der Waals surface area contributed by atoms with Crippen LogP contribution in [0.15, 0.2) is 0 Å². The number of hydrogen-bond donors (Lipinski definition) is 2. The molecule has 2 amide bonds. The van der Waals surface area contributed by atoms with Gasteiger partial charge in [0.15, 0.2) is 0 Å². The summed E-state index contributed by atoms with van der Waals surface area (Å²) in [6.07, 6.45) is 0.883. The molecule has 0 radical (unpaired) electrons. The number of nitrogens with one attached hydrogen (secondary N) is 2. The van der Waals surface area contributed by atoms with Crippen molar-refractivity contribution in [3.05, 3.63) is 0 Å². The molecule has 148 valence electrons. The van der Waals surface area contributed by atoms with Gasteiger partial charge in [-0.2, -0.15) is 0 Å². The van der Waals surface area contributed by atoms with Crippen LogP contribution in [0, 0.1) is 0 Å². The molecule has 0 aromatic heterocycles. The average molecular weight is 361 g/mol. The van der Waals surface area contributed by atoms with Gasteiger partial charge in [-0.1, -0.05) is 6.92 Å². The molecule has 0 unspecified atom stereocenters. The van der Waals surface area contributed by atoms with Crippen LogP contribution in [0.25, 0.3) is 0 Å². The zero-order chi connectivity index (χ0) is 18.8. The second kappa shape index (κ2) is 17.6. The topological polar surface area (TPSA) is 89.1 Å². The van der Waals surface area contributed by atoms with Gasteiger partial charge in [0.05, 0.1) is 46.1 Å². The molecule has 0 bridgehead atoms. The highest BCUT2D eigenvalue weighted by Gasteiger charge is 2.13. The molecule has 8 heteroatoms. The zero-order valence-electron chi connectivity index (χ0n) is 16.0. The Morgan fingerprint density at radius 3 is 1.92 bits per heavy atom. The lowest BCUT2D eigenvalue weighted by Gasteiger charge is -2.21. The minimum Gasteiger partial charge on any atom is -0.379 e. The van der Waals surface area contributed by atoms with E-state index in [0.29, 0.717) is 59.3 Å². The smallest absolute Gasteiger partial charge is 0.234 e. The van der Waals surface area contributed by atoms with E-state index >= 15 is 0 Å². The first-order valence-electron chi connectivity index (χ1n) is 9.12. The van der Waals surface area contributed by atoms with Gasteiger partial charge >= 0.3 is 0 Å². The molecular weight excluding hydrogens is 326 g/mol. The molecule has 0 fully saturated rings. The van der Waals surface area contributed by atoms with E-state index in [9.17, 15) is 9.59 Å². The Bertz CT molecular complexity index is 342. The molecule has 0 heterocycles. The Hall–Kier alpha value is -1.22. The van der Waals surface area contributed by atoms with E-state index in [1.807, 2.05) is 20.8 Å². The first-order chi connectivity index (χ1) is 12.1. The monoisotopic (exact) mass is 361 g/mol. The fourth-order valence-corrected chi connectivity index (χ4v) is 1.97. The van der Waals surface area contributed by atoms with Gasteiger partial charge in [-0.05, 0) is 20.3 Å². The first kappa shape index (κ1) is 23.8. The molecule has 0 aromatic carbocycles. The van der Waals surface area contributed by atoms with Crippen LogP contribution in [0.2, 0.25) is 0 Å². The number of hydrogen-bond acceptors (Lipinski definition) is 6. The summed E-state index contributed by atoms with van der Waals surface area (Å²) in [4.78, 5) is 25.4. The molecule has 0 aromatic rings. The maximum atomic E-state index is 11.9. The largest absolute Gasteiger partial charge is 0.379 e. The van der Waals surface area contributed by atoms with E-state index < -0.39 is 0 Å². The number of carbonyl (C=O) groups excluding carboxylic acids is 2. The molecule has 0 aliphatic rings. The molecule has 2 N–H and O–H groups in total. The summed E-state index contributed by atoms with van der Waals surface area (Å²) in [6.45, 7) is 11.1. The number of rotatable bonds is 17. The van der Waals surface area contributed by atoms with Crippen LogP contribution in [-0.2, 0) is 23.8 Å². The van der Waals surface area contributed by atoms with Crippen molar-refractivity contribution in [3.63, 3.8) is 0 Å². The fourth-order valence-electron chi connectivity index (χ4n) is 1.97. The summed E-state index contributed by atoms with van der Waals surface area (Å²) in [6, 6.07) is 0. The quantitative estimate of drug-likeness (QED) is 0.355. The number of ether oxygens (including phenoxy) is 3. The number of nitrogens with zero attached hydrogens (tertiary/aromatic N) is 1. The van der Waals surface area contributed by atoms with Crippen LogP contribution in [0.5, 0.6) is 0 Å². The van der Waals surface area contributed by atoms with Gasteiger partial charge in [-0.3, -0.25) is 14.5 Å². The third-order valence-corrected chi connectivity index (χ3v) is 3.18. The van der Waals surface area contributed by atoms with E-state index in [0.717, 1.165) is 6.42 Å². The standard InChI is InChI=1S/C17H35N3O5/c1-4-7-19-17(22)15-20(14-16(21)18-5-2)8-9-24-12-13-25-11-10-23-6-3/h4-15H2,1-3H3,(H,18,21)(H,19,22). The van der Waals surface area contributed by atoms with Gasteiger partial charge in [-0.25, -0.2) is 0 Å². The lowest BCUT2D eigenvalue weighted by molar-refractivity contribution is -0.125. The minimum atomic E-state index is -0.0925. The van der Waals surface area contributed by atoms with E-state index in [1.54, 1.807) is 4.90 Å². The summed E-state index contributed by atoms with van der Waals surface area (Å²) < 4.78 is 16.0. The summed E-state index contributed by atoms with van der Waals surface area (Å²) in [5.74, 6) is -0.171. The van der Waals surface area contributed by atoms with Crippen LogP contribution < -0.4 is 10.6 Å². The van der Waals surface area contributed by atoms with Gasteiger partial charge in [0, 0.05) is 26.2 Å². The van der Waals surface area contributed by atoms with E-state index in [-0.39, 0.29) is 24.9 Å². The average Bonchev–Trinajstić information content (AvgIpc) is 2.58. The van der Waals surface area contributed by atoms with E-state index in [4.69, 9.17) is 14.2 Å². The van der Waals surface area contributed by atoms with Crippen LogP contribution in [0.3, 0.4) is 0 Å². The Labute approximate surface area is 151 Å². The lowest BCUT2D eigenvalue weighted by Crippen LogP contribution is -2.44. The van der Waals surface area contributed by atoms with Crippen LogP contribution in [0.1, 0.15) is 27.2 Å². The lowest BCUT2D eigenvalue weighted by atomic mass is 10.4. The Morgan fingerprint density at radius 2 is 1.36 bits per heavy atom. The van der Waals surface area contributed by atoms with Crippen molar-refractivity contribution in [2.24, 2.45) is 0 Å². The van der Waals surface area contributed by atoms with E-state index in [2.05, 4.69) is 10.6 Å². The zero-order valence-corrected chi connectivity index (χ0v) is 16.0. The Balaban J connectivity index is 3.96. The van der Waals surface area contributed by atoms with Gasteiger partial charge < -0.3 is 24.8 Å². The molecule has 0 rings (SSSR count). The molecule has 0 saturated carbocycles. The van der Waals surface area contributed by atoms with Crippen molar-refractivity contribution in [3.8, 4) is 0 Å². The highest BCUT2D eigenvalue weighted by Crippen LogP contribution is 1.91. The molecule has 0 spiro atoms. The molecule has 0 aliphatic carbocycles. The van der Waals surface area contributed by atoms with Gasteiger partial charge in [0.2, 0.25) is 11.8 Å². The van der Waals surface area contributed by atoms with Crippen LogP contribution in [0.4, 0.5) is 0 Å². The Kier molecular flexibility index (Phi) is 16.7. The molecule has 0 atom stereocenters. The normalized spacial score (nSPS) is 10.9. The highest BCUT2D eigenvalue weighted by atomic mass is 16.5. The van der Waals surface area contributed by atoms with E-state index in [1.165, 1.54) is 0 Å². The SMILES string of the molecule is CCCNC(=O)CN(CCOCCOCCOCC)CC(=O)NCC.